The second-order valence-corrected chi connectivity index (χ2v) is 29.0. The molecular formula is C70H126N11O33P. The van der Waals surface area contributed by atoms with Crippen LogP contribution in [0.15, 0.2) is 0 Å². The summed E-state index contributed by atoms with van der Waals surface area (Å²) < 4.78 is 70.8. The van der Waals surface area contributed by atoms with E-state index >= 15 is 0 Å². The molecule has 44 nitrogen and oxygen atoms in total. The van der Waals surface area contributed by atoms with Gasteiger partial charge in [0.15, 0.2) is 18.9 Å². The lowest BCUT2D eigenvalue weighted by Gasteiger charge is -2.42. The standard InChI is InChI=1S/C70H126N11O33P/c1-43(85)77-57-63(97)60(94)48(40-82)112-68(57)108-37-34-105-31-27-73-53(90)20-13-18-51(88)71-24-10-7-16-46(66(100)76-26-9-5-6-12-30-111-115(102,103)104-4)81-67(101)47(80-56(93)23-15-22-55(92)75-29-33-107-36-39-110-70-59(79-45(3)87)65(99)62(96)50(42-84)114-70)17-8-11-25-72-52(89)19-14-21-54(91)74-28-32-106-35-38-109-69-58(78-44(2)86)64(98)61(95)49(41-83)113-69/h46-50,57-65,68-70,82-84,94-99H,5-42H2,1-4H3,(H,71,88)(H,72,89)(H,73,90)(H,74,91)(H,75,92)(H,76,100)(H,77,85)(H,78,86)(H,79,87)(H,80,93)(H,81,101)(H,102,103)/t46-,47-,48?,49?,50?,57?,58?,59?,60?,61?,62?,63?,64?,65?,68?,69?,70?/m0/s1. The molecule has 3 rings (SSSR count). The zero-order chi connectivity index (χ0) is 85.1. The number of phosphoric acid groups is 1. The number of aliphatic hydroxyl groups excluding tert-OH is 9. The molecule has 3 fully saturated rings. The van der Waals surface area contributed by atoms with Gasteiger partial charge in [0.25, 0.3) is 0 Å². The van der Waals surface area contributed by atoms with Crippen molar-refractivity contribution in [3.63, 3.8) is 0 Å². The Morgan fingerprint density at radius 2 is 0.670 bits per heavy atom. The summed E-state index contributed by atoms with van der Waals surface area (Å²) in [5.41, 5.74) is 0. The predicted molar refractivity (Wildman–Crippen MR) is 399 cm³/mol. The van der Waals surface area contributed by atoms with E-state index in [4.69, 9.17) is 47.2 Å². The summed E-state index contributed by atoms with van der Waals surface area (Å²) in [5, 5.41) is 120. The molecule has 0 saturated carbocycles. The molecule has 18 atom stereocenters. The molecule has 0 spiro atoms. The number of unbranched alkanes of at least 4 members (excludes halogenated alkanes) is 5. The van der Waals surface area contributed by atoms with Crippen molar-refractivity contribution in [3.8, 4) is 0 Å². The van der Waals surface area contributed by atoms with E-state index < -0.39 is 173 Å². The number of nitrogens with one attached hydrogen (secondary N) is 11. The Balaban J connectivity index is 1.54. The Kier molecular flexibility index (Phi) is 52.9. The largest absolute Gasteiger partial charge is 0.471 e. The van der Waals surface area contributed by atoms with E-state index in [0.717, 1.165) is 7.11 Å². The molecule has 11 amide bonds. The van der Waals surface area contributed by atoms with Gasteiger partial charge < -0.3 is 152 Å². The first-order chi connectivity index (χ1) is 54.9. The first-order valence-electron chi connectivity index (χ1n) is 39.0. The van der Waals surface area contributed by atoms with Gasteiger partial charge in [-0.2, -0.15) is 0 Å². The number of ether oxygens (including phenoxy) is 9. The lowest BCUT2D eigenvalue weighted by molar-refractivity contribution is -0.272. The van der Waals surface area contributed by atoms with E-state index in [-0.39, 0.29) is 206 Å². The van der Waals surface area contributed by atoms with Gasteiger partial charge in [0.05, 0.1) is 85.9 Å². The Morgan fingerprint density at radius 3 is 1.01 bits per heavy atom. The lowest BCUT2D eigenvalue weighted by Crippen LogP contribution is -2.64. The number of amides is 11. The van der Waals surface area contributed by atoms with Crippen molar-refractivity contribution in [3.05, 3.63) is 0 Å². The van der Waals surface area contributed by atoms with Crippen molar-refractivity contribution in [2.45, 2.75) is 247 Å². The van der Waals surface area contributed by atoms with Gasteiger partial charge in [-0.15, -0.1) is 0 Å². The number of rotatable bonds is 62. The minimum absolute atomic E-state index is 0.000930. The van der Waals surface area contributed by atoms with Crippen LogP contribution in [-0.4, -0.2) is 352 Å². The molecule has 21 N–H and O–H groups in total. The van der Waals surface area contributed by atoms with E-state index in [0.29, 0.717) is 44.9 Å². The van der Waals surface area contributed by atoms with E-state index in [1.165, 1.54) is 20.8 Å². The summed E-state index contributed by atoms with van der Waals surface area (Å²) in [6.07, 6.45) is -12.4. The smallest absolute Gasteiger partial charge is 0.394 e. The van der Waals surface area contributed by atoms with Gasteiger partial charge in [-0.05, 0) is 70.6 Å². The Labute approximate surface area is 667 Å². The highest BCUT2D eigenvalue weighted by Crippen LogP contribution is 2.42. The van der Waals surface area contributed by atoms with Crippen LogP contribution in [0.5, 0.6) is 0 Å². The van der Waals surface area contributed by atoms with Crippen LogP contribution >= 0.6 is 7.82 Å². The van der Waals surface area contributed by atoms with E-state index in [2.05, 4.69) is 63.0 Å². The average molecular weight is 1680 g/mol. The van der Waals surface area contributed by atoms with Gasteiger partial charge in [-0.3, -0.25) is 61.8 Å². The number of phosphoric ester groups is 1. The minimum Gasteiger partial charge on any atom is -0.394 e. The maximum absolute atomic E-state index is 14.3. The third-order valence-electron chi connectivity index (χ3n) is 18.0. The fraction of sp³-hybridized carbons (Fsp3) is 0.843. The average Bonchev–Trinajstić information content (AvgIpc) is 0.819. The van der Waals surface area contributed by atoms with Gasteiger partial charge >= 0.3 is 7.82 Å². The topological polar surface area (TPSA) is 641 Å². The molecule has 664 valence electrons. The fourth-order valence-electron chi connectivity index (χ4n) is 11.9. The summed E-state index contributed by atoms with van der Waals surface area (Å²) in [5.74, 6) is -5.22. The minimum atomic E-state index is -4.15. The third-order valence-corrected chi connectivity index (χ3v) is 19.0. The highest BCUT2D eigenvalue weighted by atomic mass is 31.2. The van der Waals surface area contributed by atoms with Gasteiger partial charge in [0.1, 0.15) is 85.1 Å². The molecule has 16 unspecified atom stereocenters. The zero-order valence-electron chi connectivity index (χ0n) is 66.0. The van der Waals surface area contributed by atoms with E-state index in [9.17, 15) is 108 Å². The second-order valence-electron chi connectivity index (χ2n) is 27.4. The monoisotopic (exact) mass is 1680 g/mol. The summed E-state index contributed by atoms with van der Waals surface area (Å²) in [6, 6.07) is -5.75. The molecule has 115 heavy (non-hydrogen) atoms. The molecular weight excluding hydrogens is 1550 g/mol. The predicted octanol–water partition coefficient (Wildman–Crippen LogP) is -7.24. The van der Waals surface area contributed by atoms with E-state index in [1.54, 1.807) is 0 Å². The summed E-state index contributed by atoms with van der Waals surface area (Å²) in [4.78, 5) is 150. The fourth-order valence-corrected chi connectivity index (χ4v) is 12.4. The first-order valence-corrected chi connectivity index (χ1v) is 40.5. The number of hydrogen-bond acceptors (Lipinski definition) is 32. The SMILES string of the molecule is COP(=O)(O)OCCCCCCNC(=O)[C@H](CCCCNC(=O)CCCC(=O)NCCOCCOC1OC(CO)C(O)C(O)C1NC(C)=O)NC(=O)[C@H](CCCCNC(=O)CCCC(=O)NCCOCCOC1OC(CO)C(O)C(O)C1NC(C)=O)NC(=O)CCCC(=O)NCCOCCOC1OC(CO)C(O)C(O)C1NC(C)=O. The van der Waals surface area contributed by atoms with E-state index in [1.807, 2.05) is 0 Å². The van der Waals surface area contributed by atoms with Crippen LogP contribution in [0.25, 0.3) is 0 Å². The lowest BCUT2D eigenvalue weighted by atomic mass is 9.97. The van der Waals surface area contributed by atoms with Crippen LogP contribution in [0.3, 0.4) is 0 Å². The molecule has 3 saturated heterocycles. The molecule has 0 radical (unpaired) electrons. The van der Waals surface area contributed by atoms with Crippen LogP contribution in [-0.2, 0) is 109 Å². The first kappa shape index (κ1) is 103. The maximum Gasteiger partial charge on any atom is 0.471 e. The molecule has 3 aliphatic heterocycles. The second kappa shape index (κ2) is 59.3. The summed E-state index contributed by atoms with van der Waals surface area (Å²) in [6.45, 7) is 2.50. The summed E-state index contributed by atoms with van der Waals surface area (Å²) >= 11 is 0. The van der Waals surface area contributed by atoms with Gasteiger partial charge in [-0.1, -0.05) is 12.8 Å². The van der Waals surface area contributed by atoms with Crippen molar-refractivity contribution in [2.75, 3.05) is 132 Å². The van der Waals surface area contributed by atoms with Crippen LogP contribution in [0, 0.1) is 0 Å². The van der Waals surface area contributed by atoms with Crippen molar-refractivity contribution >= 4 is 72.8 Å². The third kappa shape index (κ3) is 43.2. The van der Waals surface area contributed by atoms with Gasteiger partial charge in [0, 0.05) is 106 Å². The number of hydrogen-bond donors (Lipinski definition) is 21. The number of aliphatic hydroxyl groups is 9. The highest BCUT2D eigenvalue weighted by Gasteiger charge is 2.48. The van der Waals surface area contributed by atoms with Crippen LogP contribution < -0.4 is 58.5 Å². The molecule has 0 aromatic heterocycles. The quantitative estimate of drug-likeness (QED) is 0.0199. The van der Waals surface area contributed by atoms with Crippen molar-refractivity contribution in [1.82, 2.24) is 58.5 Å². The molecule has 0 bridgehead atoms. The highest BCUT2D eigenvalue weighted by molar-refractivity contribution is 7.47. The zero-order valence-corrected chi connectivity index (χ0v) is 66.9. The van der Waals surface area contributed by atoms with Crippen LogP contribution in [0.4, 0.5) is 0 Å². The molecule has 45 heteroatoms. The molecule has 0 aliphatic carbocycles. The van der Waals surface area contributed by atoms with Crippen LogP contribution in [0.2, 0.25) is 0 Å². The van der Waals surface area contributed by atoms with Crippen molar-refractivity contribution in [2.24, 2.45) is 0 Å². The summed E-state index contributed by atoms with van der Waals surface area (Å²) in [7, 11) is -3.11. The van der Waals surface area contributed by atoms with Gasteiger partial charge in [0.2, 0.25) is 65.0 Å². The van der Waals surface area contributed by atoms with Crippen LogP contribution in [0.1, 0.15) is 143 Å². The Hall–Kier alpha value is -6.44. The molecule has 3 heterocycles. The molecule has 3 aliphatic rings. The molecule has 0 aromatic rings. The Bertz CT molecular complexity index is 2930. The maximum atomic E-state index is 14.3. The normalized spacial score (nSPS) is 24.3. The molecule has 0 aromatic carbocycles. The number of carbonyl (C=O) groups is 11. The number of carbonyl (C=O) groups excluding carboxylic acids is 11. The Morgan fingerprint density at radius 1 is 0.357 bits per heavy atom. The van der Waals surface area contributed by atoms with Gasteiger partial charge in [-0.25, -0.2) is 4.57 Å². The van der Waals surface area contributed by atoms with Crippen molar-refractivity contribution in [1.29, 1.82) is 0 Å². The van der Waals surface area contributed by atoms with Crippen molar-refractivity contribution < 1.29 is 160 Å².